The Hall–Kier alpha value is -0.650. The molecule has 100 valence electrons. The van der Waals surface area contributed by atoms with E-state index in [2.05, 4.69) is 22.1 Å². The standard InChI is InChI=1S/C12H26N4O/c1-4-11(12(17)14-13)15(3)9-10-7-6-8-16(10)5-2/h10-11H,4-9,13H2,1-3H3,(H,14,17). The highest BCUT2D eigenvalue weighted by Crippen LogP contribution is 2.18. The first-order valence-corrected chi connectivity index (χ1v) is 6.58. The fourth-order valence-electron chi connectivity index (χ4n) is 2.77. The van der Waals surface area contributed by atoms with E-state index in [1.54, 1.807) is 0 Å². The molecule has 1 aliphatic rings. The molecule has 2 atom stereocenters. The van der Waals surface area contributed by atoms with Gasteiger partial charge in [-0.15, -0.1) is 0 Å². The lowest BCUT2D eigenvalue weighted by Gasteiger charge is -2.31. The molecule has 1 saturated heterocycles. The van der Waals surface area contributed by atoms with Gasteiger partial charge in [-0.1, -0.05) is 13.8 Å². The number of likely N-dealkylation sites (N-methyl/N-ethyl adjacent to an activating group) is 2. The fraction of sp³-hybridized carbons (Fsp3) is 0.917. The Balaban J connectivity index is 2.51. The molecule has 1 aliphatic heterocycles. The molecule has 1 rings (SSSR count). The summed E-state index contributed by atoms with van der Waals surface area (Å²) in [5.41, 5.74) is 2.25. The van der Waals surface area contributed by atoms with Crippen molar-refractivity contribution < 1.29 is 4.79 Å². The highest BCUT2D eigenvalue weighted by molar-refractivity contribution is 5.80. The molecule has 0 bridgehead atoms. The molecule has 0 aliphatic carbocycles. The number of nitrogens with one attached hydrogen (secondary N) is 1. The van der Waals surface area contributed by atoms with Crippen LogP contribution in [0.4, 0.5) is 0 Å². The van der Waals surface area contributed by atoms with E-state index in [-0.39, 0.29) is 11.9 Å². The largest absolute Gasteiger partial charge is 0.299 e. The smallest absolute Gasteiger partial charge is 0.251 e. The van der Waals surface area contributed by atoms with Gasteiger partial charge in [0.1, 0.15) is 0 Å². The van der Waals surface area contributed by atoms with E-state index in [0.29, 0.717) is 6.04 Å². The summed E-state index contributed by atoms with van der Waals surface area (Å²) in [7, 11) is 2.01. The normalized spacial score (nSPS) is 23.0. The molecule has 1 fully saturated rings. The minimum atomic E-state index is -0.112. The molecule has 17 heavy (non-hydrogen) atoms. The van der Waals surface area contributed by atoms with Crippen molar-refractivity contribution in [3.63, 3.8) is 0 Å². The number of rotatable bonds is 6. The van der Waals surface area contributed by atoms with Crippen molar-refractivity contribution in [1.82, 2.24) is 15.2 Å². The van der Waals surface area contributed by atoms with Crippen LogP contribution in [0.2, 0.25) is 0 Å². The van der Waals surface area contributed by atoms with E-state index in [1.807, 2.05) is 14.0 Å². The zero-order valence-corrected chi connectivity index (χ0v) is 11.3. The number of likely N-dealkylation sites (tertiary alicyclic amines) is 1. The lowest BCUT2D eigenvalue weighted by atomic mass is 10.1. The Kier molecular flexibility index (Phi) is 5.88. The van der Waals surface area contributed by atoms with Crippen LogP contribution < -0.4 is 11.3 Å². The maximum atomic E-state index is 11.6. The minimum absolute atomic E-state index is 0.0870. The third kappa shape index (κ3) is 3.66. The number of nitrogens with zero attached hydrogens (tertiary/aromatic N) is 2. The quantitative estimate of drug-likeness (QED) is 0.396. The predicted molar refractivity (Wildman–Crippen MR) is 69.3 cm³/mol. The van der Waals surface area contributed by atoms with Crippen LogP contribution in [-0.4, -0.2) is 54.5 Å². The summed E-state index contributed by atoms with van der Waals surface area (Å²) in [5.74, 6) is 5.12. The van der Waals surface area contributed by atoms with Crippen LogP contribution in [0.1, 0.15) is 33.1 Å². The molecule has 3 N–H and O–H groups in total. The molecule has 0 aromatic carbocycles. The van der Waals surface area contributed by atoms with E-state index in [4.69, 9.17) is 5.84 Å². The van der Waals surface area contributed by atoms with Crippen molar-refractivity contribution in [2.75, 3.05) is 26.7 Å². The highest BCUT2D eigenvalue weighted by Gasteiger charge is 2.28. The first-order valence-electron chi connectivity index (χ1n) is 6.58. The van der Waals surface area contributed by atoms with Crippen molar-refractivity contribution in [3.05, 3.63) is 0 Å². The number of amides is 1. The Bertz CT molecular complexity index is 247. The van der Waals surface area contributed by atoms with Crippen LogP contribution >= 0.6 is 0 Å². The third-order valence-corrected chi connectivity index (χ3v) is 3.77. The average molecular weight is 242 g/mol. The maximum Gasteiger partial charge on any atom is 0.251 e. The number of hydrazine groups is 1. The summed E-state index contributed by atoms with van der Waals surface area (Å²) < 4.78 is 0. The van der Waals surface area contributed by atoms with Gasteiger partial charge in [0, 0.05) is 12.6 Å². The van der Waals surface area contributed by atoms with E-state index < -0.39 is 0 Å². The molecule has 0 spiro atoms. The molecule has 5 heteroatoms. The second-order valence-electron chi connectivity index (χ2n) is 4.80. The molecule has 0 aromatic rings. The van der Waals surface area contributed by atoms with Gasteiger partial charge in [-0.05, 0) is 39.4 Å². The monoisotopic (exact) mass is 242 g/mol. The van der Waals surface area contributed by atoms with Gasteiger partial charge in [0.25, 0.3) is 5.91 Å². The van der Waals surface area contributed by atoms with Crippen LogP contribution in [0, 0.1) is 0 Å². The number of hydrogen-bond donors (Lipinski definition) is 2. The van der Waals surface area contributed by atoms with Crippen molar-refractivity contribution in [1.29, 1.82) is 0 Å². The summed E-state index contributed by atoms with van der Waals surface area (Å²) in [5, 5.41) is 0. The van der Waals surface area contributed by atoms with Crippen LogP contribution in [0.25, 0.3) is 0 Å². The van der Waals surface area contributed by atoms with Crippen molar-refractivity contribution >= 4 is 5.91 Å². The Morgan fingerprint density at radius 3 is 2.82 bits per heavy atom. The first kappa shape index (κ1) is 14.4. The molecular weight excluding hydrogens is 216 g/mol. The fourth-order valence-corrected chi connectivity index (χ4v) is 2.77. The summed E-state index contributed by atoms with van der Waals surface area (Å²) in [4.78, 5) is 16.2. The molecule has 0 saturated carbocycles. The van der Waals surface area contributed by atoms with Gasteiger partial charge in [-0.3, -0.25) is 20.0 Å². The van der Waals surface area contributed by atoms with Crippen molar-refractivity contribution in [2.45, 2.75) is 45.2 Å². The molecule has 2 unspecified atom stereocenters. The lowest BCUT2D eigenvalue weighted by molar-refractivity contribution is -0.126. The van der Waals surface area contributed by atoms with Crippen LogP contribution in [0.5, 0.6) is 0 Å². The summed E-state index contributed by atoms with van der Waals surface area (Å²) in [6.07, 6.45) is 3.30. The molecule has 1 heterocycles. The van der Waals surface area contributed by atoms with Crippen molar-refractivity contribution in [3.8, 4) is 0 Å². The summed E-state index contributed by atoms with van der Waals surface area (Å²) >= 11 is 0. The zero-order valence-electron chi connectivity index (χ0n) is 11.3. The van der Waals surface area contributed by atoms with Gasteiger partial charge in [-0.25, -0.2) is 5.84 Å². The van der Waals surface area contributed by atoms with Gasteiger partial charge < -0.3 is 0 Å². The Morgan fingerprint density at radius 1 is 1.59 bits per heavy atom. The second kappa shape index (κ2) is 6.93. The summed E-state index contributed by atoms with van der Waals surface area (Å²) in [6.45, 7) is 7.44. The van der Waals surface area contributed by atoms with Crippen molar-refractivity contribution in [2.24, 2.45) is 5.84 Å². The zero-order chi connectivity index (χ0) is 12.8. The minimum Gasteiger partial charge on any atom is -0.299 e. The van der Waals surface area contributed by atoms with Crippen LogP contribution in [-0.2, 0) is 4.79 Å². The summed E-state index contributed by atoms with van der Waals surface area (Å²) in [6, 6.07) is 0.476. The molecule has 0 aromatic heterocycles. The Morgan fingerprint density at radius 2 is 2.29 bits per heavy atom. The van der Waals surface area contributed by atoms with Gasteiger partial charge in [0.05, 0.1) is 6.04 Å². The topological polar surface area (TPSA) is 61.6 Å². The van der Waals surface area contributed by atoms with E-state index in [0.717, 1.165) is 19.5 Å². The Labute approximate surface area is 104 Å². The van der Waals surface area contributed by atoms with Gasteiger partial charge >= 0.3 is 0 Å². The van der Waals surface area contributed by atoms with Gasteiger partial charge in [0.15, 0.2) is 0 Å². The SMILES string of the molecule is CCC(C(=O)NN)N(C)CC1CCCN1CC. The lowest BCUT2D eigenvalue weighted by Crippen LogP contribution is -2.50. The average Bonchev–Trinajstić information content (AvgIpc) is 2.76. The molecule has 0 radical (unpaired) electrons. The predicted octanol–water partition coefficient (Wildman–Crippen LogP) is 0.171. The number of carbonyl (C=O) groups is 1. The number of hydrogen-bond acceptors (Lipinski definition) is 4. The van der Waals surface area contributed by atoms with E-state index in [9.17, 15) is 4.79 Å². The second-order valence-corrected chi connectivity index (χ2v) is 4.80. The molecule has 5 nitrogen and oxygen atoms in total. The van der Waals surface area contributed by atoms with E-state index >= 15 is 0 Å². The van der Waals surface area contributed by atoms with Gasteiger partial charge in [0.2, 0.25) is 0 Å². The highest BCUT2D eigenvalue weighted by atomic mass is 16.2. The van der Waals surface area contributed by atoms with Gasteiger partial charge in [-0.2, -0.15) is 0 Å². The van der Waals surface area contributed by atoms with Crippen LogP contribution in [0.3, 0.4) is 0 Å². The van der Waals surface area contributed by atoms with Crippen LogP contribution in [0.15, 0.2) is 0 Å². The number of carbonyl (C=O) groups excluding carboxylic acids is 1. The van der Waals surface area contributed by atoms with E-state index in [1.165, 1.54) is 19.4 Å². The molecule has 1 amide bonds. The first-order chi connectivity index (χ1) is 8.13. The third-order valence-electron chi connectivity index (χ3n) is 3.77. The maximum absolute atomic E-state index is 11.6. The number of nitrogens with two attached hydrogens (primary N) is 1. The molecular formula is C12H26N4O.